The van der Waals surface area contributed by atoms with Crippen LogP contribution in [0, 0.1) is 0 Å². The number of anilines is 1. The average molecular weight is 557 g/mol. The lowest BCUT2D eigenvalue weighted by Gasteiger charge is -2.34. The van der Waals surface area contributed by atoms with Gasteiger partial charge in [0.1, 0.15) is 17.9 Å². The standard InChI is InChI=1S/C31H40N8O2/c1-8-31(40)35-25(19-38(6)26-11-13-37(5)14-12-26)16-27(22(4)41-7)36-30-17-28(32-20-33-30)23-9-10-29-24(15-23)18-34-39(29)21(2)3/h8-10,15-21,26H,1,4,11-14H2,2-3,5-7H3,(H,35,40)(H,32,33,36)/b25-19-,27-16+. The summed E-state index contributed by atoms with van der Waals surface area (Å²) in [5, 5.41) is 11.8. The number of piperidine rings is 1. The van der Waals surface area contributed by atoms with E-state index in [1.807, 2.05) is 36.3 Å². The van der Waals surface area contributed by atoms with E-state index >= 15 is 0 Å². The number of hydrogen-bond acceptors (Lipinski definition) is 8. The molecule has 0 radical (unpaired) electrons. The van der Waals surface area contributed by atoms with Crippen LogP contribution in [-0.2, 0) is 9.53 Å². The van der Waals surface area contributed by atoms with Crippen LogP contribution in [0.15, 0.2) is 85.5 Å². The summed E-state index contributed by atoms with van der Waals surface area (Å²) in [5.74, 6) is 0.621. The number of rotatable bonds is 11. The third-order valence-electron chi connectivity index (χ3n) is 7.22. The summed E-state index contributed by atoms with van der Waals surface area (Å²) in [4.78, 5) is 25.7. The fraction of sp³-hybridized carbons (Fsp3) is 0.355. The molecule has 0 bridgehead atoms. The molecule has 1 fully saturated rings. The second-order valence-corrected chi connectivity index (χ2v) is 10.5. The minimum absolute atomic E-state index is 0.270. The summed E-state index contributed by atoms with van der Waals surface area (Å²) in [7, 11) is 5.71. The molecule has 0 unspecified atom stereocenters. The predicted octanol–water partition coefficient (Wildman–Crippen LogP) is 4.70. The lowest BCUT2D eigenvalue weighted by Crippen LogP contribution is -2.40. The maximum Gasteiger partial charge on any atom is 0.247 e. The Morgan fingerprint density at radius 2 is 1.98 bits per heavy atom. The first-order valence-electron chi connectivity index (χ1n) is 13.8. The van der Waals surface area contributed by atoms with Gasteiger partial charge in [0, 0.05) is 42.3 Å². The van der Waals surface area contributed by atoms with Gasteiger partial charge >= 0.3 is 0 Å². The van der Waals surface area contributed by atoms with E-state index in [1.165, 1.54) is 12.4 Å². The van der Waals surface area contributed by atoms with Gasteiger partial charge in [-0.15, -0.1) is 0 Å². The normalized spacial score (nSPS) is 15.2. The Hall–Kier alpha value is -4.44. The number of aromatic nitrogens is 4. The molecule has 2 aromatic heterocycles. The lowest BCUT2D eigenvalue weighted by molar-refractivity contribution is -0.115. The number of nitrogens with zero attached hydrogens (tertiary/aromatic N) is 6. The van der Waals surface area contributed by atoms with Gasteiger partial charge in [-0.25, -0.2) is 9.97 Å². The van der Waals surface area contributed by atoms with Crippen LogP contribution in [-0.4, -0.2) is 75.8 Å². The number of carbonyl (C=O) groups is 1. The molecule has 0 atom stereocenters. The Balaban J connectivity index is 1.63. The van der Waals surface area contributed by atoms with Gasteiger partial charge in [-0.1, -0.05) is 19.2 Å². The molecular weight excluding hydrogens is 516 g/mol. The van der Waals surface area contributed by atoms with Crippen molar-refractivity contribution in [2.24, 2.45) is 0 Å². The summed E-state index contributed by atoms with van der Waals surface area (Å²) in [6.45, 7) is 13.9. The first-order valence-corrected chi connectivity index (χ1v) is 13.8. The molecule has 0 aliphatic carbocycles. The first-order chi connectivity index (χ1) is 19.7. The molecule has 3 heterocycles. The second kappa shape index (κ2) is 13.3. The van der Waals surface area contributed by atoms with Crippen molar-refractivity contribution in [3.8, 4) is 11.3 Å². The number of carbonyl (C=O) groups excluding carboxylic acids is 1. The maximum atomic E-state index is 12.3. The third kappa shape index (κ3) is 7.40. The zero-order valence-electron chi connectivity index (χ0n) is 24.6. The van der Waals surface area contributed by atoms with Gasteiger partial charge in [0.2, 0.25) is 5.91 Å². The molecule has 1 amide bonds. The van der Waals surface area contributed by atoms with Crippen molar-refractivity contribution in [2.75, 3.05) is 39.6 Å². The Labute approximate surface area is 242 Å². The largest absolute Gasteiger partial charge is 0.495 e. The molecule has 10 heteroatoms. The van der Waals surface area contributed by atoms with Crippen molar-refractivity contribution in [1.82, 2.24) is 34.9 Å². The fourth-order valence-corrected chi connectivity index (χ4v) is 4.82. The molecule has 10 nitrogen and oxygen atoms in total. The number of benzene rings is 1. The number of fused-ring (bicyclic) bond motifs is 1. The molecular formula is C31H40N8O2. The second-order valence-electron chi connectivity index (χ2n) is 10.5. The Morgan fingerprint density at radius 3 is 2.66 bits per heavy atom. The summed E-state index contributed by atoms with van der Waals surface area (Å²) in [6, 6.07) is 8.66. The van der Waals surface area contributed by atoms with Crippen LogP contribution in [0.2, 0.25) is 0 Å². The van der Waals surface area contributed by atoms with Crippen LogP contribution in [0.5, 0.6) is 0 Å². The van der Waals surface area contributed by atoms with Gasteiger partial charge in [0.25, 0.3) is 0 Å². The van der Waals surface area contributed by atoms with Crippen LogP contribution in [0.25, 0.3) is 22.2 Å². The number of likely N-dealkylation sites (tertiary alicyclic amines) is 1. The summed E-state index contributed by atoms with van der Waals surface area (Å²) < 4.78 is 7.48. The minimum Gasteiger partial charge on any atom is -0.495 e. The van der Waals surface area contributed by atoms with Crippen LogP contribution in [0.3, 0.4) is 0 Å². The molecule has 41 heavy (non-hydrogen) atoms. The van der Waals surface area contributed by atoms with Gasteiger partial charge < -0.3 is 25.2 Å². The van der Waals surface area contributed by atoms with Gasteiger partial charge in [-0.3, -0.25) is 9.48 Å². The molecule has 0 spiro atoms. The highest BCUT2D eigenvalue weighted by Gasteiger charge is 2.20. The SMILES string of the molecule is C=CC(=O)NC(=C\N(C)C1CCN(C)CC1)/C=C(/Nc1cc(-c2ccc3c(cnn3C(C)C)c2)ncn1)C(=C)OC. The number of nitrogens with one attached hydrogen (secondary N) is 2. The summed E-state index contributed by atoms with van der Waals surface area (Å²) >= 11 is 0. The van der Waals surface area contributed by atoms with E-state index in [0.717, 1.165) is 48.1 Å². The van der Waals surface area contributed by atoms with Crippen LogP contribution in [0.4, 0.5) is 5.82 Å². The molecule has 1 aliphatic rings. The molecule has 1 aromatic carbocycles. The molecule has 1 saturated heterocycles. The Bertz CT molecular complexity index is 1460. The topological polar surface area (TPSA) is 100 Å². The zero-order valence-corrected chi connectivity index (χ0v) is 24.6. The van der Waals surface area contributed by atoms with Gasteiger partial charge in [0.15, 0.2) is 0 Å². The predicted molar refractivity (Wildman–Crippen MR) is 164 cm³/mol. The van der Waals surface area contributed by atoms with E-state index < -0.39 is 0 Å². The maximum absolute atomic E-state index is 12.3. The van der Waals surface area contributed by atoms with Gasteiger partial charge in [-0.05, 0) is 71.1 Å². The van der Waals surface area contributed by atoms with Crippen molar-refractivity contribution in [2.45, 2.75) is 38.8 Å². The van der Waals surface area contributed by atoms with E-state index in [0.29, 0.717) is 29.0 Å². The van der Waals surface area contributed by atoms with Crippen molar-refractivity contribution in [1.29, 1.82) is 0 Å². The summed E-state index contributed by atoms with van der Waals surface area (Å²) in [6.07, 6.45) is 10.4. The highest BCUT2D eigenvalue weighted by molar-refractivity contribution is 5.88. The summed E-state index contributed by atoms with van der Waals surface area (Å²) in [5.41, 5.74) is 3.88. The average Bonchev–Trinajstić information content (AvgIpc) is 3.40. The van der Waals surface area contributed by atoms with E-state index in [-0.39, 0.29) is 11.9 Å². The van der Waals surface area contributed by atoms with E-state index in [9.17, 15) is 4.79 Å². The molecule has 0 saturated carbocycles. The third-order valence-corrected chi connectivity index (χ3v) is 7.22. The highest BCUT2D eigenvalue weighted by atomic mass is 16.5. The van der Waals surface area contributed by atoms with E-state index in [2.05, 4.69) is 81.7 Å². The molecule has 4 rings (SSSR count). The first kappa shape index (κ1) is 29.5. The molecule has 3 aromatic rings. The monoisotopic (exact) mass is 556 g/mol. The molecule has 1 aliphatic heterocycles. The molecule has 216 valence electrons. The van der Waals surface area contributed by atoms with Crippen molar-refractivity contribution in [3.63, 3.8) is 0 Å². The van der Waals surface area contributed by atoms with Crippen molar-refractivity contribution < 1.29 is 9.53 Å². The number of amides is 1. The smallest absolute Gasteiger partial charge is 0.247 e. The van der Waals surface area contributed by atoms with Gasteiger partial charge in [-0.2, -0.15) is 5.10 Å². The van der Waals surface area contributed by atoms with Crippen LogP contribution < -0.4 is 10.6 Å². The van der Waals surface area contributed by atoms with E-state index in [1.54, 1.807) is 13.2 Å². The number of hydrogen-bond donors (Lipinski definition) is 2. The fourth-order valence-electron chi connectivity index (χ4n) is 4.82. The quantitative estimate of drug-likeness (QED) is 0.199. The molecule has 2 N–H and O–H groups in total. The van der Waals surface area contributed by atoms with Crippen LogP contribution >= 0.6 is 0 Å². The van der Waals surface area contributed by atoms with Gasteiger partial charge in [0.05, 0.1) is 35.9 Å². The van der Waals surface area contributed by atoms with Crippen molar-refractivity contribution in [3.05, 3.63) is 85.5 Å². The van der Waals surface area contributed by atoms with Crippen LogP contribution in [0.1, 0.15) is 32.7 Å². The Morgan fingerprint density at radius 1 is 1.22 bits per heavy atom. The number of allylic oxidation sites excluding steroid dienone is 1. The Kier molecular flexibility index (Phi) is 9.57. The lowest BCUT2D eigenvalue weighted by atomic mass is 10.0. The zero-order chi connectivity index (χ0) is 29.5. The number of methoxy groups -OCH3 is 1. The van der Waals surface area contributed by atoms with E-state index in [4.69, 9.17) is 4.74 Å². The minimum atomic E-state index is -0.313. The highest BCUT2D eigenvalue weighted by Crippen LogP contribution is 2.26. The number of ether oxygens (including phenoxy) is 1. The van der Waals surface area contributed by atoms with Crippen molar-refractivity contribution >= 4 is 22.6 Å².